The van der Waals surface area contributed by atoms with Crippen molar-refractivity contribution in [1.29, 1.82) is 0 Å². The van der Waals surface area contributed by atoms with Gasteiger partial charge in [-0.15, -0.1) is 0 Å². The molecule has 0 radical (unpaired) electrons. The Morgan fingerprint density at radius 1 is 1.09 bits per heavy atom. The standard InChI is InChI=1S/C26H31N5O2/c1-5-6-15-33-21-13-9-19(10-14-21)26(2)16-22(18-7-11-20(12-8-18)31(3)4)23(25(32)29-26)24-27-17-28-30-24/h7-14,17H,5-6,15-16H2,1-4H3,(H,29,32)(H,27,28,30)/t26-/m0/s1. The van der Waals surface area contributed by atoms with Crippen LogP contribution in [0.15, 0.2) is 54.9 Å². The van der Waals surface area contributed by atoms with Gasteiger partial charge in [0.2, 0.25) is 0 Å². The second kappa shape index (κ2) is 9.48. The minimum Gasteiger partial charge on any atom is -0.494 e. The number of nitrogens with one attached hydrogen (secondary N) is 2. The molecule has 1 amide bonds. The molecule has 0 aliphatic carbocycles. The van der Waals surface area contributed by atoms with Crippen LogP contribution in [0.3, 0.4) is 0 Å². The van der Waals surface area contributed by atoms with Gasteiger partial charge in [0.25, 0.3) is 5.91 Å². The fourth-order valence-electron chi connectivity index (χ4n) is 4.15. The Hall–Kier alpha value is -3.61. The maximum Gasteiger partial charge on any atom is 0.256 e. The molecule has 4 rings (SSSR count). The van der Waals surface area contributed by atoms with Crippen molar-refractivity contribution in [2.75, 3.05) is 25.6 Å². The van der Waals surface area contributed by atoms with Crippen LogP contribution >= 0.6 is 0 Å². The Labute approximate surface area is 194 Å². The zero-order valence-corrected chi connectivity index (χ0v) is 19.7. The Morgan fingerprint density at radius 3 is 2.42 bits per heavy atom. The first-order valence-electron chi connectivity index (χ1n) is 11.3. The van der Waals surface area contributed by atoms with Gasteiger partial charge in [-0.05, 0) is 54.3 Å². The zero-order valence-electron chi connectivity index (χ0n) is 19.7. The minimum atomic E-state index is -0.571. The summed E-state index contributed by atoms with van der Waals surface area (Å²) in [6.07, 6.45) is 4.17. The summed E-state index contributed by atoms with van der Waals surface area (Å²) in [7, 11) is 4.02. The van der Waals surface area contributed by atoms with Crippen LogP contribution in [-0.2, 0) is 10.3 Å². The molecule has 1 aromatic heterocycles. The van der Waals surface area contributed by atoms with E-state index >= 15 is 0 Å². The van der Waals surface area contributed by atoms with Crippen molar-refractivity contribution in [3.8, 4) is 5.75 Å². The largest absolute Gasteiger partial charge is 0.494 e. The lowest BCUT2D eigenvalue weighted by atomic mass is 9.78. The second-order valence-corrected chi connectivity index (χ2v) is 8.82. The van der Waals surface area contributed by atoms with Gasteiger partial charge in [0.05, 0.1) is 17.7 Å². The van der Waals surface area contributed by atoms with Gasteiger partial charge in [-0.2, -0.15) is 5.10 Å². The molecule has 3 aromatic rings. The number of hydrogen-bond acceptors (Lipinski definition) is 5. The van der Waals surface area contributed by atoms with Gasteiger partial charge in [-0.3, -0.25) is 9.89 Å². The van der Waals surface area contributed by atoms with Crippen LogP contribution in [0.25, 0.3) is 11.1 Å². The van der Waals surface area contributed by atoms with Gasteiger partial charge >= 0.3 is 0 Å². The number of carbonyl (C=O) groups excluding carboxylic acids is 1. The van der Waals surface area contributed by atoms with E-state index in [-0.39, 0.29) is 5.91 Å². The van der Waals surface area contributed by atoms with Gasteiger partial charge in [0, 0.05) is 26.2 Å². The van der Waals surface area contributed by atoms with Gasteiger partial charge in [-0.25, -0.2) is 4.98 Å². The smallest absolute Gasteiger partial charge is 0.256 e. The lowest BCUT2D eigenvalue weighted by molar-refractivity contribution is -0.117. The number of nitrogens with zero attached hydrogens (tertiary/aromatic N) is 3. The number of aromatic amines is 1. The molecule has 33 heavy (non-hydrogen) atoms. The van der Waals surface area contributed by atoms with Crippen LogP contribution in [0, 0.1) is 0 Å². The number of benzene rings is 2. The number of unbranched alkanes of at least 4 members (excludes halogenated alkanes) is 1. The first kappa shape index (κ1) is 22.6. The highest BCUT2D eigenvalue weighted by atomic mass is 16.5. The van der Waals surface area contributed by atoms with Crippen LogP contribution in [0.4, 0.5) is 5.69 Å². The van der Waals surface area contributed by atoms with Crippen LogP contribution in [0.1, 0.15) is 50.1 Å². The second-order valence-electron chi connectivity index (χ2n) is 8.82. The van der Waals surface area contributed by atoms with Crippen LogP contribution in [-0.4, -0.2) is 41.8 Å². The van der Waals surface area contributed by atoms with E-state index in [2.05, 4.69) is 63.5 Å². The molecule has 0 fully saturated rings. The molecule has 1 aliphatic heterocycles. The first-order chi connectivity index (χ1) is 15.9. The summed E-state index contributed by atoms with van der Waals surface area (Å²) in [6, 6.07) is 16.3. The number of H-pyrrole nitrogens is 1. The maximum atomic E-state index is 13.4. The van der Waals surface area contributed by atoms with Crippen molar-refractivity contribution >= 4 is 22.7 Å². The van der Waals surface area contributed by atoms with E-state index in [9.17, 15) is 4.79 Å². The van der Waals surface area contributed by atoms with Gasteiger partial charge in [-0.1, -0.05) is 37.6 Å². The molecule has 7 nitrogen and oxygen atoms in total. The Balaban J connectivity index is 1.70. The fraction of sp³-hybridized carbons (Fsp3) is 0.346. The number of rotatable bonds is 8. The van der Waals surface area contributed by atoms with E-state index in [1.54, 1.807) is 0 Å². The Kier molecular flexibility index (Phi) is 6.49. The third-order valence-corrected chi connectivity index (χ3v) is 6.09. The first-order valence-corrected chi connectivity index (χ1v) is 11.3. The normalized spacial score (nSPS) is 18.2. The number of hydrogen-bond donors (Lipinski definition) is 2. The SMILES string of the molecule is CCCCOc1ccc([C@]2(C)CC(c3ccc(N(C)C)cc3)=C(c3ncn[nH]3)C(=O)N2)cc1. The lowest BCUT2D eigenvalue weighted by Crippen LogP contribution is -2.47. The average Bonchev–Trinajstić information content (AvgIpc) is 3.33. The molecule has 2 aromatic carbocycles. The predicted molar refractivity (Wildman–Crippen MR) is 131 cm³/mol. The van der Waals surface area contributed by atoms with E-state index < -0.39 is 5.54 Å². The molecule has 1 aliphatic rings. The molecule has 0 bridgehead atoms. The topological polar surface area (TPSA) is 83.1 Å². The van der Waals surface area contributed by atoms with E-state index in [4.69, 9.17) is 4.74 Å². The van der Waals surface area contributed by atoms with Crippen molar-refractivity contribution < 1.29 is 9.53 Å². The van der Waals surface area contributed by atoms with Gasteiger partial charge in [0.15, 0.2) is 5.82 Å². The van der Waals surface area contributed by atoms with Crippen molar-refractivity contribution in [2.45, 2.75) is 38.6 Å². The molecule has 2 heterocycles. The molecule has 0 spiro atoms. The quantitative estimate of drug-likeness (QED) is 0.502. The highest BCUT2D eigenvalue weighted by molar-refractivity contribution is 6.27. The summed E-state index contributed by atoms with van der Waals surface area (Å²) < 4.78 is 5.81. The van der Waals surface area contributed by atoms with Crippen molar-refractivity contribution in [3.05, 3.63) is 71.8 Å². The summed E-state index contributed by atoms with van der Waals surface area (Å²) in [5.74, 6) is 1.15. The molecule has 1 atom stereocenters. The number of aromatic nitrogens is 3. The lowest BCUT2D eigenvalue weighted by Gasteiger charge is -2.37. The Bertz CT molecular complexity index is 1120. The van der Waals surface area contributed by atoms with E-state index in [0.717, 1.165) is 41.0 Å². The highest BCUT2D eigenvalue weighted by Gasteiger charge is 2.38. The molecule has 0 unspecified atom stereocenters. The number of ether oxygens (including phenoxy) is 1. The number of carbonyl (C=O) groups is 1. The molecular weight excluding hydrogens is 414 g/mol. The molecular formula is C26H31N5O2. The van der Waals surface area contributed by atoms with Crippen molar-refractivity contribution in [2.24, 2.45) is 0 Å². The number of anilines is 1. The third-order valence-electron chi connectivity index (χ3n) is 6.09. The van der Waals surface area contributed by atoms with Crippen LogP contribution in [0.5, 0.6) is 5.75 Å². The third kappa shape index (κ3) is 4.77. The monoisotopic (exact) mass is 445 g/mol. The Morgan fingerprint density at radius 2 is 1.82 bits per heavy atom. The maximum absolute atomic E-state index is 13.4. The zero-order chi connectivity index (χ0) is 23.4. The van der Waals surface area contributed by atoms with Crippen LogP contribution < -0.4 is 15.0 Å². The molecule has 0 saturated carbocycles. The minimum absolute atomic E-state index is 0.171. The van der Waals surface area contributed by atoms with Gasteiger partial charge in [0.1, 0.15) is 12.1 Å². The summed E-state index contributed by atoms with van der Waals surface area (Å²) in [4.78, 5) is 19.7. The van der Waals surface area contributed by atoms with E-state index in [1.165, 1.54) is 6.33 Å². The summed E-state index contributed by atoms with van der Waals surface area (Å²) >= 11 is 0. The molecule has 7 heteroatoms. The summed E-state index contributed by atoms with van der Waals surface area (Å²) in [5, 5.41) is 10.0. The van der Waals surface area contributed by atoms with Crippen LogP contribution in [0.2, 0.25) is 0 Å². The number of amides is 1. The average molecular weight is 446 g/mol. The summed E-state index contributed by atoms with van der Waals surface area (Å²) in [5.41, 5.74) is 4.01. The molecule has 172 valence electrons. The van der Waals surface area contributed by atoms with Gasteiger partial charge < -0.3 is 15.0 Å². The molecule has 0 saturated heterocycles. The fourth-order valence-corrected chi connectivity index (χ4v) is 4.15. The summed E-state index contributed by atoms with van der Waals surface area (Å²) in [6.45, 7) is 4.91. The van der Waals surface area contributed by atoms with E-state index in [0.29, 0.717) is 24.4 Å². The molecule has 2 N–H and O–H groups in total. The van der Waals surface area contributed by atoms with Crippen molar-refractivity contribution in [1.82, 2.24) is 20.5 Å². The van der Waals surface area contributed by atoms with Crippen molar-refractivity contribution in [3.63, 3.8) is 0 Å². The predicted octanol–water partition coefficient (Wildman–Crippen LogP) is 4.40. The highest BCUT2D eigenvalue weighted by Crippen LogP contribution is 2.41. The van der Waals surface area contributed by atoms with E-state index in [1.807, 2.05) is 38.4 Å².